The van der Waals surface area contributed by atoms with Crippen LogP contribution in [0.1, 0.15) is 81.8 Å². The fraction of sp³-hybridized carbons (Fsp3) is 0.714. The number of halogens is 2. The smallest absolute Gasteiger partial charge is 0.144 e. The number of hydrogen-bond donors (Lipinski definition) is 0. The zero-order valence-electron chi connectivity index (χ0n) is 14.6. The van der Waals surface area contributed by atoms with Crippen molar-refractivity contribution in [3.05, 3.63) is 34.1 Å². The van der Waals surface area contributed by atoms with E-state index in [1.807, 2.05) is 6.07 Å². The van der Waals surface area contributed by atoms with Gasteiger partial charge in [0.1, 0.15) is 5.82 Å². The van der Waals surface area contributed by atoms with Gasteiger partial charge < -0.3 is 0 Å². The van der Waals surface area contributed by atoms with Crippen LogP contribution < -0.4 is 0 Å². The highest BCUT2D eigenvalue weighted by molar-refractivity contribution is 6.31. The average Bonchev–Trinajstić information content (AvgIpc) is 2.60. The number of rotatable bonds is 3. The Hall–Kier alpha value is -0.560. The van der Waals surface area contributed by atoms with Gasteiger partial charge in [-0.1, -0.05) is 49.9 Å². The van der Waals surface area contributed by atoms with E-state index in [1.165, 1.54) is 57.8 Å². The van der Waals surface area contributed by atoms with Crippen LogP contribution in [-0.2, 0) is 0 Å². The number of hydrogen-bond acceptors (Lipinski definition) is 0. The summed E-state index contributed by atoms with van der Waals surface area (Å²) in [4.78, 5) is 0. The Bertz CT molecular complexity index is 523. The molecule has 0 spiro atoms. The fourth-order valence-corrected chi connectivity index (χ4v) is 5.31. The molecule has 0 radical (unpaired) electrons. The minimum Gasteiger partial charge on any atom is -0.205 e. The monoisotopic (exact) mass is 336 g/mol. The Labute approximate surface area is 145 Å². The third kappa shape index (κ3) is 3.76. The lowest BCUT2D eigenvalue weighted by Crippen LogP contribution is -2.25. The quantitative estimate of drug-likeness (QED) is 0.544. The molecule has 0 unspecified atom stereocenters. The van der Waals surface area contributed by atoms with Crippen molar-refractivity contribution in [3.63, 3.8) is 0 Å². The van der Waals surface area contributed by atoms with Crippen molar-refractivity contribution in [2.45, 2.75) is 77.6 Å². The van der Waals surface area contributed by atoms with E-state index in [1.54, 1.807) is 6.92 Å². The minimum absolute atomic E-state index is 0.218. The normalized spacial score (nSPS) is 32.0. The number of aryl methyl sites for hydroxylation is 1. The molecule has 2 heteroatoms. The van der Waals surface area contributed by atoms with Gasteiger partial charge in [0, 0.05) is 0 Å². The van der Waals surface area contributed by atoms with E-state index in [0.29, 0.717) is 16.5 Å². The van der Waals surface area contributed by atoms with Gasteiger partial charge in [-0.2, -0.15) is 0 Å². The summed E-state index contributed by atoms with van der Waals surface area (Å²) in [6.07, 6.45) is 12.1. The molecular formula is C21H30ClF. The van der Waals surface area contributed by atoms with E-state index < -0.39 is 0 Å². The molecule has 2 aliphatic carbocycles. The zero-order chi connectivity index (χ0) is 16.4. The van der Waals surface area contributed by atoms with Crippen LogP contribution in [0.15, 0.2) is 12.1 Å². The molecule has 0 amide bonds. The molecule has 0 atom stereocenters. The Morgan fingerprint density at radius 2 is 1.52 bits per heavy atom. The first-order valence-electron chi connectivity index (χ1n) is 9.54. The van der Waals surface area contributed by atoms with Gasteiger partial charge in [0.05, 0.1) is 5.02 Å². The number of benzene rings is 1. The summed E-state index contributed by atoms with van der Waals surface area (Å²) in [5.41, 5.74) is 1.70. The Morgan fingerprint density at radius 1 is 0.957 bits per heavy atom. The van der Waals surface area contributed by atoms with Gasteiger partial charge in [-0.3, -0.25) is 0 Å². The second-order valence-corrected chi connectivity index (χ2v) is 8.28. The van der Waals surface area contributed by atoms with E-state index in [2.05, 4.69) is 13.0 Å². The molecule has 3 rings (SSSR count). The molecule has 0 bridgehead atoms. The van der Waals surface area contributed by atoms with Crippen molar-refractivity contribution in [3.8, 4) is 0 Å². The van der Waals surface area contributed by atoms with Crippen molar-refractivity contribution in [1.82, 2.24) is 0 Å². The van der Waals surface area contributed by atoms with Gasteiger partial charge in [-0.05, 0) is 80.2 Å². The first-order chi connectivity index (χ1) is 11.1. The van der Waals surface area contributed by atoms with Crippen molar-refractivity contribution in [2.24, 2.45) is 17.8 Å². The van der Waals surface area contributed by atoms with E-state index in [9.17, 15) is 4.39 Å². The molecule has 0 saturated heterocycles. The van der Waals surface area contributed by atoms with Crippen LogP contribution in [-0.4, -0.2) is 0 Å². The molecule has 0 aliphatic heterocycles. The summed E-state index contributed by atoms with van der Waals surface area (Å²) in [5.74, 6) is 3.07. The van der Waals surface area contributed by atoms with Crippen LogP contribution >= 0.6 is 11.6 Å². The van der Waals surface area contributed by atoms with Crippen molar-refractivity contribution < 1.29 is 4.39 Å². The van der Waals surface area contributed by atoms with Crippen LogP contribution in [0.4, 0.5) is 4.39 Å². The van der Waals surface area contributed by atoms with E-state index in [4.69, 9.17) is 11.6 Å². The predicted molar refractivity (Wildman–Crippen MR) is 96.6 cm³/mol. The average molecular weight is 337 g/mol. The SMILES string of the molecule is CCC1CCC(C2CCC(c3ccc(C)c(F)c3Cl)CC2)CC1. The van der Waals surface area contributed by atoms with Crippen LogP contribution in [0.25, 0.3) is 0 Å². The first-order valence-corrected chi connectivity index (χ1v) is 9.92. The lowest BCUT2D eigenvalue weighted by molar-refractivity contribution is 0.158. The highest BCUT2D eigenvalue weighted by Gasteiger charge is 2.31. The van der Waals surface area contributed by atoms with Crippen LogP contribution in [0.5, 0.6) is 0 Å². The molecular weight excluding hydrogens is 307 g/mol. The molecule has 0 heterocycles. The van der Waals surface area contributed by atoms with Crippen LogP contribution in [0.3, 0.4) is 0 Å². The van der Waals surface area contributed by atoms with E-state index in [0.717, 1.165) is 23.3 Å². The molecule has 2 fully saturated rings. The largest absolute Gasteiger partial charge is 0.205 e. The van der Waals surface area contributed by atoms with Gasteiger partial charge >= 0.3 is 0 Å². The van der Waals surface area contributed by atoms with Crippen LogP contribution in [0.2, 0.25) is 5.02 Å². The summed E-state index contributed by atoms with van der Waals surface area (Å²) in [5, 5.41) is 0.372. The maximum atomic E-state index is 14.1. The summed E-state index contributed by atoms with van der Waals surface area (Å²) in [6, 6.07) is 3.94. The van der Waals surface area contributed by atoms with Gasteiger partial charge in [-0.25, -0.2) is 4.39 Å². The second kappa shape index (κ2) is 7.55. The zero-order valence-corrected chi connectivity index (χ0v) is 15.3. The molecule has 0 N–H and O–H groups in total. The fourth-order valence-electron chi connectivity index (χ4n) is 4.95. The van der Waals surface area contributed by atoms with Crippen LogP contribution in [0, 0.1) is 30.5 Å². The van der Waals surface area contributed by atoms with Gasteiger partial charge in [0.15, 0.2) is 0 Å². The minimum atomic E-state index is -0.218. The molecule has 2 saturated carbocycles. The topological polar surface area (TPSA) is 0 Å². The summed E-state index contributed by atoms with van der Waals surface area (Å²) >= 11 is 6.27. The maximum Gasteiger partial charge on any atom is 0.144 e. The molecule has 2 aliphatic rings. The Kier molecular flexibility index (Phi) is 5.67. The lowest BCUT2D eigenvalue weighted by atomic mass is 9.68. The third-order valence-electron chi connectivity index (χ3n) is 6.65. The highest BCUT2D eigenvalue weighted by Crippen LogP contribution is 2.45. The van der Waals surface area contributed by atoms with Gasteiger partial charge in [-0.15, -0.1) is 0 Å². The molecule has 1 aromatic rings. The van der Waals surface area contributed by atoms with Gasteiger partial charge in [0.2, 0.25) is 0 Å². The Morgan fingerprint density at radius 3 is 2.09 bits per heavy atom. The summed E-state index contributed by atoms with van der Waals surface area (Å²) in [6.45, 7) is 4.12. The molecule has 1 aromatic carbocycles. The Balaban J connectivity index is 1.58. The van der Waals surface area contributed by atoms with Crippen molar-refractivity contribution in [2.75, 3.05) is 0 Å². The van der Waals surface area contributed by atoms with E-state index in [-0.39, 0.29) is 5.82 Å². The summed E-state index contributed by atoms with van der Waals surface area (Å²) < 4.78 is 14.1. The predicted octanol–water partition coefficient (Wildman–Crippen LogP) is 7.28. The standard InChI is InChI=1S/C21H30ClF/c1-3-15-5-7-16(8-6-15)17-9-11-18(12-10-17)19-13-4-14(2)21(23)20(19)22/h4,13,15-18H,3,5-12H2,1-2H3. The molecule has 128 valence electrons. The second-order valence-electron chi connectivity index (χ2n) is 7.90. The molecule has 23 heavy (non-hydrogen) atoms. The lowest BCUT2D eigenvalue weighted by Gasteiger charge is -2.38. The van der Waals surface area contributed by atoms with E-state index >= 15 is 0 Å². The molecule has 0 aromatic heterocycles. The molecule has 0 nitrogen and oxygen atoms in total. The first kappa shape index (κ1) is 17.3. The van der Waals surface area contributed by atoms with Crippen molar-refractivity contribution in [1.29, 1.82) is 0 Å². The maximum absolute atomic E-state index is 14.1. The third-order valence-corrected chi connectivity index (χ3v) is 7.04. The summed E-state index contributed by atoms with van der Waals surface area (Å²) in [7, 11) is 0. The highest BCUT2D eigenvalue weighted by atomic mass is 35.5. The van der Waals surface area contributed by atoms with Crippen molar-refractivity contribution >= 4 is 11.6 Å². The van der Waals surface area contributed by atoms with Gasteiger partial charge in [0.25, 0.3) is 0 Å².